The molecule has 0 amide bonds. The molecule has 0 radical (unpaired) electrons. The van der Waals surface area contributed by atoms with Crippen molar-refractivity contribution in [3.8, 4) is 0 Å². The van der Waals surface area contributed by atoms with Gasteiger partial charge in [0.2, 0.25) is 0 Å². The largest absolute Gasteiger partial charge is 0.313 e. The van der Waals surface area contributed by atoms with Crippen LogP contribution in [0, 0.1) is 5.92 Å². The number of hydrogen-bond acceptors (Lipinski definition) is 1. The smallest absolute Gasteiger partial charge is 0.0451 e. The van der Waals surface area contributed by atoms with Crippen LogP contribution in [0.5, 0.6) is 0 Å². The molecule has 1 saturated carbocycles. The lowest BCUT2D eigenvalue weighted by Gasteiger charge is -2.25. The van der Waals surface area contributed by atoms with E-state index in [9.17, 15) is 0 Å². The molecule has 0 spiro atoms. The van der Waals surface area contributed by atoms with Gasteiger partial charge in [0.15, 0.2) is 0 Å². The summed E-state index contributed by atoms with van der Waals surface area (Å²) in [5.74, 6) is 0.960. The second kappa shape index (κ2) is 5.90. The van der Waals surface area contributed by atoms with E-state index in [0.717, 1.165) is 34.6 Å². The molecule has 0 saturated heterocycles. The van der Waals surface area contributed by atoms with Crippen LogP contribution >= 0.6 is 23.2 Å². The second-order valence-electron chi connectivity index (χ2n) is 4.50. The zero-order valence-corrected chi connectivity index (χ0v) is 10.8. The number of benzene rings is 1. The molecule has 1 aliphatic rings. The maximum atomic E-state index is 6.08. The molecule has 0 atom stereocenters. The van der Waals surface area contributed by atoms with Gasteiger partial charge in [-0.2, -0.15) is 0 Å². The average molecular weight is 258 g/mol. The molecule has 1 aromatic rings. The summed E-state index contributed by atoms with van der Waals surface area (Å²) in [4.78, 5) is 0. The molecule has 16 heavy (non-hydrogen) atoms. The molecule has 1 fully saturated rings. The Morgan fingerprint density at radius 1 is 1.25 bits per heavy atom. The fraction of sp³-hybridized carbons (Fsp3) is 0.538. The molecule has 0 heterocycles. The quantitative estimate of drug-likeness (QED) is 0.777. The molecule has 0 bridgehead atoms. The maximum Gasteiger partial charge on any atom is 0.0451 e. The van der Waals surface area contributed by atoms with Crippen LogP contribution in [0.15, 0.2) is 18.2 Å². The summed E-state index contributed by atoms with van der Waals surface area (Å²) in [5, 5.41) is 4.97. The Labute approximate surface area is 107 Å². The highest BCUT2D eigenvalue weighted by molar-refractivity contribution is 6.33. The summed E-state index contributed by atoms with van der Waals surface area (Å²) < 4.78 is 0. The van der Waals surface area contributed by atoms with Gasteiger partial charge in [0.1, 0.15) is 0 Å². The minimum absolute atomic E-state index is 0.750. The SMILES string of the molecule is Clc1ccc(Cl)c(CNCCC2CCC2)c1. The first kappa shape index (κ1) is 12.2. The third kappa shape index (κ3) is 3.38. The van der Waals surface area contributed by atoms with Crippen molar-refractivity contribution in [1.82, 2.24) is 5.32 Å². The maximum absolute atomic E-state index is 6.08. The Morgan fingerprint density at radius 2 is 2.06 bits per heavy atom. The lowest BCUT2D eigenvalue weighted by atomic mass is 9.83. The number of nitrogens with one attached hydrogen (secondary N) is 1. The summed E-state index contributed by atoms with van der Waals surface area (Å²) in [6.07, 6.45) is 5.54. The second-order valence-corrected chi connectivity index (χ2v) is 5.34. The monoisotopic (exact) mass is 257 g/mol. The highest BCUT2D eigenvalue weighted by atomic mass is 35.5. The van der Waals surface area contributed by atoms with E-state index in [1.54, 1.807) is 0 Å². The fourth-order valence-corrected chi connectivity index (χ4v) is 2.37. The van der Waals surface area contributed by atoms with Gasteiger partial charge in [-0.3, -0.25) is 0 Å². The van der Waals surface area contributed by atoms with Gasteiger partial charge >= 0.3 is 0 Å². The van der Waals surface area contributed by atoms with Gasteiger partial charge in [-0.25, -0.2) is 0 Å². The van der Waals surface area contributed by atoms with E-state index in [1.165, 1.54) is 25.7 Å². The first-order valence-electron chi connectivity index (χ1n) is 5.90. The van der Waals surface area contributed by atoms with Crippen LogP contribution in [0.2, 0.25) is 10.0 Å². The lowest BCUT2D eigenvalue weighted by molar-refractivity contribution is 0.292. The van der Waals surface area contributed by atoms with E-state index in [2.05, 4.69) is 5.32 Å². The van der Waals surface area contributed by atoms with Crippen LogP contribution in [0.1, 0.15) is 31.2 Å². The number of halogens is 2. The molecule has 0 aromatic heterocycles. The molecule has 0 aliphatic heterocycles. The van der Waals surface area contributed by atoms with E-state index in [-0.39, 0.29) is 0 Å². The first-order valence-corrected chi connectivity index (χ1v) is 6.66. The molecule has 1 N–H and O–H groups in total. The fourth-order valence-electron chi connectivity index (χ4n) is 1.99. The normalized spacial score (nSPS) is 16.1. The van der Waals surface area contributed by atoms with Crippen molar-refractivity contribution in [2.24, 2.45) is 5.92 Å². The van der Waals surface area contributed by atoms with Crippen molar-refractivity contribution in [2.75, 3.05) is 6.54 Å². The van der Waals surface area contributed by atoms with Crippen LogP contribution in [-0.4, -0.2) is 6.54 Å². The van der Waals surface area contributed by atoms with E-state index < -0.39 is 0 Å². The van der Waals surface area contributed by atoms with Crippen molar-refractivity contribution >= 4 is 23.2 Å². The average Bonchev–Trinajstić information content (AvgIpc) is 2.20. The summed E-state index contributed by atoms with van der Waals surface area (Å²) in [7, 11) is 0. The third-order valence-corrected chi connectivity index (χ3v) is 3.88. The lowest BCUT2D eigenvalue weighted by Crippen LogP contribution is -2.21. The van der Waals surface area contributed by atoms with E-state index in [4.69, 9.17) is 23.2 Å². The highest BCUT2D eigenvalue weighted by Crippen LogP contribution is 2.28. The van der Waals surface area contributed by atoms with E-state index in [0.29, 0.717) is 0 Å². The first-order chi connectivity index (χ1) is 7.75. The Bertz CT molecular complexity index is 348. The molecule has 0 unspecified atom stereocenters. The van der Waals surface area contributed by atoms with Gasteiger partial charge in [-0.15, -0.1) is 0 Å². The van der Waals surface area contributed by atoms with E-state index in [1.807, 2.05) is 18.2 Å². The predicted molar refractivity (Wildman–Crippen MR) is 70.1 cm³/mol. The number of hydrogen-bond donors (Lipinski definition) is 1. The van der Waals surface area contributed by atoms with Crippen molar-refractivity contribution in [3.05, 3.63) is 33.8 Å². The van der Waals surface area contributed by atoms with Crippen LogP contribution in [0.25, 0.3) is 0 Å². The molecule has 88 valence electrons. The molecule has 1 aliphatic carbocycles. The zero-order chi connectivity index (χ0) is 11.4. The summed E-state index contributed by atoms with van der Waals surface area (Å²) in [5.41, 5.74) is 1.09. The summed E-state index contributed by atoms with van der Waals surface area (Å²) >= 11 is 12.0. The number of rotatable bonds is 5. The van der Waals surface area contributed by atoms with Crippen molar-refractivity contribution < 1.29 is 0 Å². The topological polar surface area (TPSA) is 12.0 Å². The Kier molecular flexibility index (Phi) is 4.51. The van der Waals surface area contributed by atoms with Gasteiger partial charge in [-0.05, 0) is 42.6 Å². The van der Waals surface area contributed by atoms with Gasteiger partial charge in [0.25, 0.3) is 0 Å². The van der Waals surface area contributed by atoms with Crippen LogP contribution in [-0.2, 0) is 6.54 Å². The van der Waals surface area contributed by atoms with Gasteiger partial charge in [0.05, 0.1) is 0 Å². The Morgan fingerprint density at radius 3 is 2.75 bits per heavy atom. The molecule has 1 nitrogen and oxygen atoms in total. The van der Waals surface area contributed by atoms with Crippen molar-refractivity contribution in [2.45, 2.75) is 32.2 Å². The molecule has 2 rings (SSSR count). The van der Waals surface area contributed by atoms with Gasteiger partial charge in [0, 0.05) is 16.6 Å². The Balaban J connectivity index is 1.73. The minimum Gasteiger partial charge on any atom is -0.313 e. The minimum atomic E-state index is 0.750. The third-order valence-electron chi connectivity index (χ3n) is 3.28. The van der Waals surface area contributed by atoms with E-state index >= 15 is 0 Å². The molecular weight excluding hydrogens is 241 g/mol. The van der Waals surface area contributed by atoms with Crippen LogP contribution in [0.4, 0.5) is 0 Å². The van der Waals surface area contributed by atoms with Gasteiger partial charge in [-0.1, -0.05) is 42.5 Å². The molecule has 1 aromatic carbocycles. The predicted octanol–water partition coefficient (Wildman–Crippen LogP) is 4.27. The van der Waals surface area contributed by atoms with Crippen molar-refractivity contribution in [1.29, 1.82) is 0 Å². The van der Waals surface area contributed by atoms with Gasteiger partial charge < -0.3 is 5.32 Å². The summed E-state index contributed by atoms with van der Waals surface area (Å²) in [6, 6.07) is 5.61. The summed E-state index contributed by atoms with van der Waals surface area (Å²) in [6.45, 7) is 1.89. The Hall–Kier alpha value is -0.240. The zero-order valence-electron chi connectivity index (χ0n) is 9.31. The van der Waals surface area contributed by atoms with Crippen LogP contribution in [0.3, 0.4) is 0 Å². The highest BCUT2D eigenvalue weighted by Gasteiger charge is 2.16. The molecular formula is C13H17Cl2N. The molecule has 3 heteroatoms. The van der Waals surface area contributed by atoms with Crippen LogP contribution < -0.4 is 5.32 Å². The van der Waals surface area contributed by atoms with Crippen molar-refractivity contribution in [3.63, 3.8) is 0 Å². The standard InChI is InChI=1S/C13H17Cl2N/c14-12-4-5-13(15)11(8-12)9-16-7-6-10-2-1-3-10/h4-5,8,10,16H,1-3,6-7,9H2.